The third-order valence-electron chi connectivity index (χ3n) is 2.82. The van der Waals surface area contributed by atoms with Gasteiger partial charge in [0.05, 0.1) is 7.11 Å². The van der Waals surface area contributed by atoms with Crippen LogP contribution in [0.4, 0.5) is 0 Å². The number of aromatic carboxylic acids is 1. The third-order valence-corrected chi connectivity index (χ3v) is 2.82. The van der Waals surface area contributed by atoms with E-state index in [1.54, 1.807) is 31.4 Å². The van der Waals surface area contributed by atoms with E-state index < -0.39 is 5.97 Å². The minimum Gasteiger partial charge on any atom is -0.497 e. The van der Waals surface area contributed by atoms with Crippen molar-refractivity contribution in [1.29, 1.82) is 0 Å². The molecule has 1 heterocycles. The summed E-state index contributed by atoms with van der Waals surface area (Å²) in [6, 6.07) is 7.02. The van der Waals surface area contributed by atoms with Crippen molar-refractivity contribution in [2.24, 2.45) is 0 Å². The lowest BCUT2D eigenvalue weighted by atomic mass is 10.0. The lowest BCUT2D eigenvalue weighted by Crippen LogP contribution is -2.02. The number of carboxylic acid groups (broad SMARTS) is 1. The van der Waals surface area contributed by atoms with Crippen LogP contribution in [0.2, 0.25) is 0 Å². The molecular formula is C14H15NO4. The second-order valence-electron chi connectivity index (χ2n) is 4.46. The Morgan fingerprint density at radius 2 is 1.95 bits per heavy atom. The van der Waals surface area contributed by atoms with Gasteiger partial charge in [0.25, 0.3) is 0 Å². The number of carbonyl (C=O) groups is 1. The van der Waals surface area contributed by atoms with Crippen LogP contribution in [0.15, 0.2) is 28.8 Å². The van der Waals surface area contributed by atoms with Crippen molar-refractivity contribution >= 4 is 5.97 Å². The van der Waals surface area contributed by atoms with Crippen LogP contribution < -0.4 is 4.74 Å². The van der Waals surface area contributed by atoms with Gasteiger partial charge in [-0.3, -0.25) is 0 Å². The van der Waals surface area contributed by atoms with E-state index >= 15 is 0 Å². The quantitative estimate of drug-likeness (QED) is 0.915. The SMILES string of the molecule is COc1ccc(-c2noc(C(C)C)c2C(=O)O)cc1. The lowest BCUT2D eigenvalue weighted by molar-refractivity contribution is 0.0694. The Balaban J connectivity index is 2.52. The minimum absolute atomic E-state index is 0.0365. The van der Waals surface area contributed by atoms with E-state index in [0.717, 1.165) is 0 Å². The second kappa shape index (κ2) is 5.14. The van der Waals surface area contributed by atoms with Gasteiger partial charge >= 0.3 is 5.97 Å². The monoisotopic (exact) mass is 261 g/mol. The molecule has 0 saturated carbocycles. The Bertz CT molecular complexity index is 584. The molecule has 5 heteroatoms. The molecule has 0 spiro atoms. The highest BCUT2D eigenvalue weighted by atomic mass is 16.5. The zero-order chi connectivity index (χ0) is 14.0. The molecule has 0 radical (unpaired) electrons. The summed E-state index contributed by atoms with van der Waals surface area (Å²) in [7, 11) is 1.57. The van der Waals surface area contributed by atoms with Crippen molar-refractivity contribution in [2.45, 2.75) is 19.8 Å². The van der Waals surface area contributed by atoms with Crippen molar-refractivity contribution in [3.05, 3.63) is 35.6 Å². The number of carboxylic acids is 1. The number of benzene rings is 1. The Morgan fingerprint density at radius 3 is 2.42 bits per heavy atom. The first kappa shape index (κ1) is 13.1. The van der Waals surface area contributed by atoms with Crippen LogP contribution in [0.1, 0.15) is 35.9 Å². The highest BCUT2D eigenvalue weighted by Crippen LogP contribution is 2.30. The first-order valence-corrected chi connectivity index (χ1v) is 5.92. The summed E-state index contributed by atoms with van der Waals surface area (Å²) >= 11 is 0. The number of hydrogen-bond acceptors (Lipinski definition) is 4. The van der Waals surface area contributed by atoms with Gasteiger partial charge in [-0.15, -0.1) is 0 Å². The van der Waals surface area contributed by atoms with Gasteiger partial charge in [-0.1, -0.05) is 19.0 Å². The smallest absolute Gasteiger partial charge is 0.341 e. The maximum Gasteiger partial charge on any atom is 0.341 e. The van der Waals surface area contributed by atoms with Gasteiger partial charge in [0.1, 0.15) is 17.0 Å². The second-order valence-corrected chi connectivity index (χ2v) is 4.46. The molecule has 19 heavy (non-hydrogen) atoms. The minimum atomic E-state index is -1.03. The number of methoxy groups -OCH3 is 1. The number of hydrogen-bond donors (Lipinski definition) is 1. The van der Waals surface area contributed by atoms with E-state index in [4.69, 9.17) is 9.26 Å². The molecule has 0 unspecified atom stereocenters. The molecule has 2 rings (SSSR count). The summed E-state index contributed by atoms with van der Waals surface area (Å²) in [4.78, 5) is 11.4. The van der Waals surface area contributed by atoms with Gasteiger partial charge in [0.2, 0.25) is 0 Å². The first-order valence-electron chi connectivity index (χ1n) is 5.92. The third kappa shape index (κ3) is 2.45. The van der Waals surface area contributed by atoms with Crippen molar-refractivity contribution in [1.82, 2.24) is 5.16 Å². The summed E-state index contributed by atoms with van der Waals surface area (Å²) in [5.41, 5.74) is 1.16. The van der Waals surface area contributed by atoms with Gasteiger partial charge in [-0.25, -0.2) is 4.79 Å². The molecule has 0 saturated heterocycles. The average molecular weight is 261 g/mol. The highest BCUT2D eigenvalue weighted by Gasteiger charge is 2.25. The largest absolute Gasteiger partial charge is 0.497 e. The molecule has 0 aliphatic carbocycles. The summed E-state index contributed by atoms with van der Waals surface area (Å²) < 4.78 is 10.2. The molecule has 0 aliphatic heterocycles. The lowest BCUT2D eigenvalue weighted by Gasteiger charge is -2.03. The standard InChI is InChI=1S/C14H15NO4/c1-8(2)13-11(14(16)17)12(15-19-13)9-4-6-10(18-3)7-5-9/h4-8H,1-3H3,(H,16,17). The molecule has 0 bridgehead atoms. The summed E-state index contributed by atoms with van der Waals surface area (Å²) in [5, 5.41) is 13.2. The fourth-order valence-corrected chi connectivity index (χ4v) is 1.85. The number of nitrogens with zero attached hydrogens (tertiary/aromatic N) is 1. The topological polar surface area (TPSA) is 72.6 Å². The van der Waals surface area contributed by atoms with E-state index in [1.807, 2.05) is 13.8 Å². The summed E-state index contributed by atoms with van der Waals surface area (Å²) in [6.07, 6.45) is 0. The predicted octanol–water partition coefficient (Wildman–Crippen LogP) is 3.17. The van der Waals surface area contributed by atoms with Crippen LogP contribution >= 0.6 is 0 Å². The molecule has 1 aromatic heterocycles. The van der Waals surface area contributed by atoms with E-state index in [0.29, 0.717) is 22.8 Å². The van der Waals surface area contributed by atoms with Crippen LogP contribution in [0.3, 0.4) is 0 Å². The fraction of sp³-hybridized carbons (Fsp3) is 0.286. The van der Waals surface area contributed by atoms with Crippen LogP contribution in [-0.2, 0) is 0 Å². The van der Waals surface area contributed by atoms with Crippen molar-refractivity contribution in [3.8, 4) is 17.0 Å². The molecule has 0 amide bonds. The van der Waals surface area contributed by atoms with E-state index in [9.17, 15) is 9.90 Å². The molecular weight excluding hydrogens is 246 g/mol. The van der Waals surface area contributed by atoms with E-state index in [2.05, 4.69) is 5.16 Å². The molecule has 0 fully saturated rings. The molecule has 2 aromatic rings. The number of aromatic nitrogens is 1. The zero-order valence-corrected chi connectivity index (χ0v) is 11.0. The fourth-order valence-electron chi connectivity index (χ4n) is 1.85. The van der Waals surface area contributed by atoms with Gasteiger partial charge in [0, 0.05) is 11.5 Å². The molecule has 100 valence electrons. The van der Waals surface area contributed by atoms with Gasteiger partial charge < -0.3 is 14.4 Å². The van der Waals surface area contributed by atoms with E-state index in [-0.39, 0.29) is 11.5 Å². The van der Waals surface area contributed by atoms with Gasteiger partial charge in [-0.05, 0) is 24.3 Å². The summed E-state index contributed by atoms with van der Waals surface area (Å²) in [5.74, 6) is 0.0212. The number of ether oxygens (including phenoxy) is 1. The van der Waals surface area contributed by atoms with Crippen LogP contribution in [0.25, 0.3) is 11.3 Å². The summed E-state index contributed by atoms with van der Waals surface area (Å²) in [6.45, 7) is 3.73. The van der Waals surface area contributed by atoms with Gasteiger partial charge in [-0.2, -0.15) is 0 Å². The molecule has 1 N–H and O–H groups in total. The van der Waals surface area contributed by atoms with Crippen LogP contribution in [-0.4, -0.2) is 23.3 Å². The Kier molecular flexibility index (Phi) is 3.55. The van der Waals surface area contributed by atoms with Crippen molar-refractivity contribution < 1.29 is 19.2 Å². The van der Waals surface area contributed by atoms with E-state index in [1.165, 1.54) is 0 Å². The molecule has 5 nitrogen and oxygen atoms in total. The molecule has 0 aliphatic rings. The first-order chi connectivity index (χ1) is 9.04. The Morgan fingerprint density at radius 1 is 1.32 bits per heavy atom. The van der Waals surface area contributed by atoms with Crippen molar-refractivity contribution in [2.75, 3.05) is 7.11 Å². The maximum atomic E-state index is 11.4. The highest BCUT2D eigenvalue weighted by molar-refractivity contribution is 5.96. The van der Waals surface area contributed by atoms with Gasteiger partial charge in [0.15, 0.2) is 5.76 Å². The zero-order valence-electron chi connectivity index (χ0n) is 11.0. The Hall–Kier alpha value is -2.30. The Labute approximate surface area is 110 Å². The normalized spacial score (nSPS) is 10.7. The van der Waals surface area contributed by atoms with Crippen LogP contribution in [0, 0.1) is 0 Å². The van der Waals surface area contributed by atoms with Crippen LogP contribution in [0.5, 0.6) is 5.75 Å². The molecule has 1 aromatic carbocycles. The maximum absolute atomic E-state index is 11.4. The van der Waals surface area contributed by atoms with Crippen molar-refractivity contribution in [3.63, 3.8) is 0 Å². The number of rotatable bonds is 4. The predicted molar refractivity (Wildman–Crippen MR) is 69.5 cm³/mol. The average Bonchev–Trinajstić information content (AvgIpc) is 2.83. The molecule has 0 atom stereocenters.